The van der Waals surface area contributed by atoms with Gasteiger partial charge in [-0.25, -0.2) is 0 Å². The third kappa shape index (κ3) is 6.31. The number of rotatable bonds is 10. The molecule has 236 valence electrons. The molecule has 3 aromatic carbocycles. The zero-order chi connectivity index (χ0) is 32.7. The maximum atomic E-state index is 14.3. The summed E-state index contributed by atoms with van der Waals surface area (Å²) < 4.78 is 162. The molecule has 0 aliphatic carbocycles. The first-order chi connectivity index (χ1) is 19.8. The number of nitrogens with zero attached hydrogens (tertiary/aromatic N) is 2. The van der Waals surface area contributed by atoms with Crippen LogP contribution in [0.15, 0.2) is 23.1 Å². The van der Waals surface area contributed by atoms with E-state index in [0.717, 1.165) is 12.1 Å². The molecule has 3 aromatic rings. The van der Waals surface area contributed by atoms with Crippen LogP contribution in [0.1, 0.15) is 10.4 Å². The molecule has 3 rings (SSSR count). The van der Waals surface area contributed by atoms with E-state index in [2.05, 4.69) is 0 Å². The number of aromatic hydroxyl groups is 1. The first-order valence-corrected chi connectivity index (χ1v) is 15.0. The Morgan fingerprint density at radius 3 is 1.70 bits per heavy atom. The molecule has 0 amide bonds. The molecule has 0 aromatic heterocycles. The molecule has 20 heteroatoms. The van der Waals surface area contributed by atoms with Crippen molar-refractivity contribution < 1.29 is 93.6 Å². The maximum absolute atomic E-state index is 14.3. The molecule has 0 aliphatic rings. The molecular formula is C23H14F10IN2O6S-. The van der Waals surface area contributed by atoms with E-state index in [1.165, 1.54) is 0 Å². The summed E-state index contributed by atoms with van der Waals surface area (Å²) in [5.74, 6) is -27.4. The van der Waals surface area contributed by atoms with Crippen molar-refractivity contribution in [2.45, 2.75) is 11.1 Å². The van der Waals surface area contributed by atoms with E-state index >= 15 is 0 Å². The summed E-state index contributed by atoms with van der Waals surface area (Å²) >= 11 is -2.37. The number of carboxylic acid groups (broad SMARTS) is 1. The number of aliphatic hydroxyl groups excluding tert-OH is 1. The number of anilines is 1. The van der Waals surface area contributed by atoms with Gasteiger partial charge >= 0.3 is 245 Å². The summed E-state index contributed by atoms with van der Waals surface area (Å²) in [4.78, 5) is 9.52. The van der Waals surface area contributed by atoms with Crippen molar-refractivity contribution in [3.8, 4) is 5.75 Å². The van der Waals surface area contributed by atoms with E-state index in [4.69, 9.17) is 5.11 Å². The van der Waals surface area contributed by atoms with E-state index in [9.17, 15) is 67.3 Å². The van der Waals surface area contributed by atoms with Crippen molar-refractivity contribution in [3.05, 3.63) is 85.5 Å². The van der Waals surface area contributed by atoms with Gasteiger partial charge in [-0.1, -0.05) is 0 Å². The molecular weight excluding hydrogens is 749 g/mol. The van der Waals surface area contributed by atoms with Crippen molar-refractivity contribution >= 4 is 21.7 Å². The Morgan fingerprint density at radius 1 is 0.814 bits per heavy atom. The number of carbonyl (C=O) groups is 1. The summed E-state index contributed by atoms with van der Waals surface area (Å²) in [6.07, 6.45) is -2.28. The normalized spacial score (nSPS) is 12.7. The van der Waals surface area contributed by atoms with Crippen LogP contribution in [0.2, 0.25) is 0 Å². The fourth-order valence-corrected chi connectivity index (χ4v) is 7.39. The number of halogens is 11. The molecule has 1 atom stereocenters. The molecule has 0 saturated carbocycles. The minimum absolute atomic E-state index is 0.0782. The Morgan fingerprint density at radius 2 is 1.26 bits per heavy atom. The second-order valence-corrected chi connectivity index (χ2v) is 12.8. The number of alkyl halides is 1. The van der Waals surface area contributed by atoms with Crippen LogP contribution in [-0.2, 0) is 10.0 Å². The first-order valence-electron chi connectivity index (χ1n) is 10.9. The number of benzene rings is 3. The van der Waals surface area contributed by atoms with Crippen LogP contribution in [-0.4, -0.2) is 58.4 Å². The standard InChI is InChI=1S/C23H14F10IN2O6S/c1-35(43(41,42)22-19(32)15(28)12(25)16(29)20(22)33)5-10(38)36(7-2-3-8(23(39)40)9(37)4-7)6-34-21-17(30)13(26)11(24)14(27)18(21)31/h2-4,10,37-38H,5-6H2,1H3,(H,39,40)/q-1. The summed E-state index contributed by atoms with van der Waals surface area (Å²) in [6, 6.07) is 2.31. The second-order valence-electron chi connectivity index (χ2n) is 8.28. The molecule has 1 unspecified atom stereocenters. The number of aliphatic hydroxyl groups is 1. The van der Waals surface area contributed by atoms with Gasteiger partial charge in [0.2, 0.25) is 0 Å². The molecule has 0 bridgehead atoms. The van der Waals surface area contributed by atoms with Gasteiger partial charge in [0, 0.05) is 0 Å². The Kier molecular flexibility index (Phi) is 10.1. The van der Waals surface area contributed by atoms with Crippen LogP contribution in [0.3, 0.4) is 0 Å². The topological polar surface area (TPSA) is 118 Å². The predicted octanol–water partition coefficient (Wildman–Crippen LogP) is 0.843. The SMILES string of the molecule is CN(CC(O)N(C[I-]c1c(F)c(F)c(F)c(F)c1F)c1ccc(C(=O)O)c(O)c1)S(=O)(=O)c1c(F)c(F)c(F)c(F)c1F. The van der Waals surface area contributed by atoms with Crippen molar-refractivity contribution in [1.29, 1.82) is 0 Å². The van der Waals surface area contributed by atoms with Gasteiger partial charge in [-0.05, 0) is 0 Å². The predicted molar refractivity (Wildman–Crippen MR) is 119 cm³/mol. The molecule has 8 nitrogen and oxygen atoms in total. The number of hydrogen-bond acceptors (Lipinski definition) is 6. The van der Waals surface area contributed by atoms with Crippen molar-refractivity contribution in [3.63, 3.8) is 0 Å². The minimum atomic E-state index is -5.62. The van der Waals surface area contributed by atoms with Gasteiger partial charge in [0.15, 0.2) is 0 Å². The van der Waals surface area contributed by atoms with E-state index in [1.54, 1.807) is 0 Å². The second kappa shape index (κ2) is 12.7. The van der Waals surface area contributed by atoms with Crippen LogP contribution in [0.4, 0.5) is 49.6 Å². The fourth-order valence-electron chi connectivity index (χ4n) is 3.41. The Labute approximate surface area is 244 Å². The van der Waals surface area contributed by atoms with Crippen molar-refractivity contribution in [2.24, 2.45) is 0 Å². The number of aromatic carboxylic acids is 1. The zero-order valence-corrected chi connectivity index (χ0v) is 23.7. The fraction of sp³-hybridized carbons (Fsp3) is 0.174. The third-order valence-electron chi connectivity index (χ3n) is 5.64. The Hall–Kier alpha value is -3.37. The average Bonchev–Trinajstić information content (AvgIpc) is 2.94. The Balaban J connectivity index is 2.04. The van der Waals surface area contributed by atoms with Gasteiger partial charge in [0.25, 0.3) is 0 Å². The number of likely N-dealkylation sites (N-methyl/N-ethyl adjacent to an activating group) is 1. The quantitative estimate of drug-likeness (QED) is 0.0534. The van der Waals surface area contributed by atoms with E-state index in [0.29, 0.717) is 18.0 Å². The molecule has 43 heavy (non-hydrogen) atoms. The van der Waals surface area contributed by atoms with E-state index in [-0.39, 0.29) is 4.31 Å². The number of hydrogen-bond donors (Lipinski definition) is 3. The molecule has 0 spiro atoms. The number of sulfonamides is 1. The van der Waals surface area contributed by atoms with E-state index in [1.807, 2.05) is 0 Å². The summed E-state index contributed by atoms with van der Waals surface area (Å²) in [5.41, 5.74) is -1.11. The van der Waals surface area contributed by atoms with E-state index < -0.39 is 138 Å². The summed E-state index contributed by atoms with van der Waals surface area (Å²) in [5, 5.41) is 30.0. The molecule has 3 N–H and O–H groups in total. The number of phenols is 1. The summed E-state index contributed by atoms with van der Waals surface area (Å²) in [7, 11) is -5.10. The summed E-state index contributed by atoms with van der Waals surface area (Å²) in [6.45, 7) is -1.30. The third-order valence-corrected chi connectivity index (χ3v) is 10.3. The Bertz CT molecular complexity index is 1670. The van der Waals surface area contributed by atoms with Gasteiger partial charge in [-0.2, -0.15) is 0 Å². The van der Waals surface area contributed by atoms with Crippen LogP contribution in [0.5, 0.6) is 5.75 Å². The van der Waals surface area contributed by atoms with Gasteiger partial charge < -0.3 is 0 Å². The molecule has 0 radical (unpaired) electrons. The monoisotopic (exact) mass is 763 g/mol. The van der Waals surface area contributed by atoms with Crippen LogP contribution in [0, 0.1) is 61.7 Å². The van der Waals surface area contributed by atoms with Gasteiger partial charge in [-0.15, -0.1) is 0 Å². The molecule has 0 aliphatic heterocycles. The molecule has 0 fully saturated rings. The van der Waals surface area contributed by atoms with Crippen molar-refractivity contribution in [1.82, 2.24) is 4.31 Å². The average molecular weight is 763 g/mol. The number of carboxylic acids is 1. The van der Waals surface area contributed by atoms with Crippen molar-refractivity contribution in [2.75, 3.05) is 23.0 Å². The first kappa shape index (κ1) is 34.1. The van der Waals surface area contributed by atoms with Crippen LogP contribution in [0.25, 0.3) is 0 Å². The van der Waals surface area contributed by atoms with Gasteiger partial charge in [-0.3, -0.25) is 0 Å². The van der Waals surface area contributed by atoms with Crippen LogP contribution < -0.4 is 26.1 Å². The van der Waals surface area contributed by atoms with Crippen LogP contribution >= 0.6 is 0 Å². The van der Waals surface area contributed by atoms with Gasteiger partial charge in [0.05, 0.1) is 0 Å². The molecule has 0 saturated heterocycles. The zero-order valence-electron chi connectivity index (χ0n) is 20.8. The molecule has 0 heterocycles. The van der Waals surface area contributed by atoms with Gasteiger partial charge in [0.1, 0.15) is 0 Å².